The fourth-order valence-corrected chi connectivity index (χ4v) is 4.23. The van der Waals surface area contributed by atoms with E-state index in [2.05, 4.69) is 27.1 Å². The molecule has 1 amide bonds. The molecule has 4 heterocycles. The Labute approximate surface area is 172 Å². The number of carbonyl (C=O) groups is 1. The predicted octanol–water partition coefficient (Wildman–Crippen LogP) is 3.32. The average molecular weight is 395 g/mol. The average Bonchev–Trinajstić information content (AvgIpc) is 3.17. The van der Waals surface area contributed by atoms with Crippen LogP contribution in [0.2, 0.25) is 0 Å². The number of likely N-dealkylation sites (tertiary alicyclic amines) is 2. The van der Waals surface area contributed by atoms with Crippen molar-refractivity contribution in [3.05, 3.63) is 42.0 Å². The Hall–Kier alpha value is -2.54. The van der Waals surface area contributed by atoms with E-state index in [-0.39, 0.29) is 11.9 Å². The third kappa shape index (κ3) is 4.90. The highest BCUT2D eigenvalue weighted by Crippen LogP contribution is 2.31. The number of nitrogens with zero attached hydrogens (tertiary/aromatic N) is 5. The number of pyridine rings is 1. The van der Waals surface area contributed by atoms with Crippen molar-refractivity contribution in [3.63, 3.8) is 0 Å². The quantitative estimate of drug-likeness (QED) is 0.839. The number of aryl methyl sites for hydroxylation is 1. The zero-order chi connectivity index (χ0) is 20.2. The number of hydrogen-bond acceptors (Lipinski definition) is 6. The Kier molecular flexibility index (Phi) is 6.04. The normalized spacial score (nSPS) is 20.8. The second kappa shape index (κ2) is 8.86. The molecule has 1 atom stereocenters. The van der Waals surface area contributed by atoms with E-state index in [9.17, 15) is 4.79 Å². The number of hydrogen-bond donors (Lipinski definition) is 1. The number of amides is 1. The predicted molar refractivity (Wildman–Crippen MR) is 113 cm³/mol. The highest BCUT2D eigenvalue weighted by atomic mass is 16.2. The van der Waals surface area contributed by atoms with Crippen molar-refractivity contribution in [2.45, 2.75) is 45.6 Å². The number of nitrogens with one attached hydrogen (secondary N) is 1. The second-order valence-electron chi connectivity index (χ2n) is 8.31. The van der Waals surface area contributed by atoms with Crippen LogP contribution in [0.3, 0.4) is 0 Å². The van der Waals surface area contributed by atoms with Crippen LogP contribution >= 0.6 is 0 Å². The maximum atomic E-state index is 12.8. The summed E-state index contributed by atoms with van der Waals surface area (Å²) in [6.45, 7) is 7.41. The summed E-state index contributed by atoms with van der Waals surface area (Å²) >= 11 is 0. The third-order valence-corrected chi connectivity index (χ3v) is 5.98. The first-order valence-electron chi connectivity index (χ1n) is 10.6. The highest BCUT2D eigenvalue weighted by molar-refractivity contribution is 5.78. The monoisotopic (exact) mass is 394 g/mol. The van der Waals surface area contributed by atoms with Gasteiger partial charge in [0.2, 0.25) is 5.91 Å². The maximum absolute atomic E-state index is 12.8. The van der Waals surface area contributed by atoms with E-state index in [1.807, 2.05) is 36.2 Å². The Bertz CT molecular complexity index is 849. The van der Waals surface area contributed by atoms with Gasteiger partial charge in [0.05, 0.1) is 30.7 Å². The molecule has 7 heteroatoms. The third-order valence-electron chi connectivity index (χ3n) is 5.98. The van der Waals surface area contributed by atoms with Gasteiger partial charge >= 0.3 is 0 Å². The van der Waals surface area contributed by atoms with E-state index >= 15 is 0 Å². The Morgan fingerprint density at radius 3 is 2.72 bits per heavy atom. The molecule has 0 aliphatic carbocycles. The first-order chi connectivity index (χ1) is 14.1. The standard InChI is InChI=1S/C22H30N6O/c1-16-8-11-27(12-9-16)22(29)15-28-10-4-6-19(28)18-13-23-14-21(25-18)26-20-7-3-5-17(2)24-20/h3,5,7,13-14,16,19H,4,6,8-12,15H2,1-2H3,(H,24,25,26). The van der Waals surface area contributed by atoms with Crippen molar-refractivity contribution in [2.24, 2.45) is 5.92 Å². The molecule has 2 saturated heterocycles. The van der Waals surface area contributed by atoms with E-state index in [1.54, 1.807) is 6.20 Å². The lowest BCUT2D eigenvalue weighted by molar-refractivity contribution is -0.134. The largest absolute Gasteiger partial charge is 0.342 e. The van der Waals surface area contributed by atoms with Gasteiger partial charge in [0.25, 0.3) is 0 Å². The fourth-order valence-electron chi connectivity index (χ4n) is 4.23. The van der Waals surface area contributed by atoms with Crippen LogP contribution in [-0.2, 0) is 4.79 Å². The minimum atomic E-state index is 0.141. The van der Waals surface area contributed by atoms with Crippen molar-refractivity contribution >= 4 is 17.5 Å². The molecule has 0 saturated carbocycles. The number of carbonyl (C=O) groups excluding carboxylic acids is 1. The van der Waals surface area contributed by atoms with E-state index in [0.29, 0.717) is 12.4 Å². The van der Waals surface area contributed by atoms with Crippen LogP contribution in [0.1, 0.15) is 50.0 Å². The molecular weight excluding hydrogens is 364 g/mol. The minimum absolute atomic E-state index is 0.141. The van der Waals surface area contributed by atoms with Crippen LogP contribution in [0.25, 0.3) is 0 Å². The lowest BCUT2D eigenvalue weighted by Crippen LogP contribution is -2.43. The van der Waals surface area contributed by atoms with Gasteiger partial charge in [-0.05, 0) is 57.2 Å². The van der Waals surface area contributed by atoms with E-state index in [0.717, 1.165) is 68.4 Å². The molecule has 2 fully saturated rings. The van der Waals surface area contributed by atoms with E-state index in [1.165, 1.54) is 0 Å². The summed E-state index contributed by atoms with van der Waals surface area (Å²) < 4.78 is 0. The van der Waals surface area contributed by atoms with Crippen LogP contribution in [0.15, 0.2) is 30.6 Å². The van der Waals surface area contributed by atoms with Crippen molar-refractivity contribution in [2.75, 3.05) is 31.5 Å². The Morgan fingerprint density at radius 2 is 1.93 bits per heavy atom. The van der Waals surface area contributed by atoms with Gasteiger partial charge in [-0.25, -0.2) is 9.97 Å². The second-order valence-corrected chi connectivity index (χ2v) is 8.31. The van der Waals surface area contributed by atoms with Crippen LogP contribution in [-0.4, -0.2) is 56.8 Å². The zero-order valence-corrected chi connectivity index (χ0v) is 17.3. The molecule has 2 aromatic rings. The molecule has 1 unspecified atom stereocenters. The molecule has 154 valence electrons. The lowest BCUT2D eigenvalue weighted by Gasteiger charge is -2.32. The van der Waals surface area contributed by atoms with Crippen molar-refractivity contribution in [3.8, 4) is 0 Å². The molecular formula is C22H30N6O. The molecule has 2 aliphatic rings. The molecule has 0 spiro atoms. The molecule has 0 bridgehead atoms. The number of aromatic nitrogens is 3. The first kappa shape index (κ1) is 19.8. The van der Waals surface area contributed by atoms with Gasteiger partial charge in [-0.15, -0.1) is 0 Å². The number of anilines is 2. The first-order valence-corrected chi connectivity index (χ1v) is 10.6. The zero-order valence-electron chi connectivity index (χ0n) is 17.3. The van der Waals surface area contributed by atoms with Crippen molar-refractivity contribution in [1.29, 1.82) is 0 Å². The van der Waals surface area contributed by atoms with E-state index in [4.69, 9.17) is 4.98 Å². The summed E-state index contributed by atoms with van der Waals surface area (Å²) in [5, 5.41) is 3.24. The maximum Gasteiger partial charge on any atom is 0.236 e. The smallest absolute Gasteiger partial charge is 0.236 e. The van der Waals surface area contributed by atoms with E-state index < -0.39 is 0 Å². The number of piperidine rings is 1. The summed E-state index contributed by atoms with van der Waals surface area (Å²) in [4.78, 5) is 30.7. The summed E-state index contributed by atoms with van der Waals surface area (Å²) in [7, 11) is 0. The van der Waals surface area contributed by atoms with Gasteiger partial charge in [0.1, 0.15) is 11.6 Å². The Morgan fingerprint density at radius 1 is 1.10 bits per heavy atom. The molecule has 7 nitrogen and oxygen atoms in total. The lowest BCUT2D eigenvalue weighted by atomic mass is 9.99. The molecule has 29 heavy (non-hydrogen) atoms. The SMILES string of the molecule is Cc1cccc(Nc2cncc(C3CCCN3CC(=O)N3CCC(C)CC3)n2)n1. The summed E-state index contributed by atoms with van der Waals surface area (Å²) in [6.07, 6.45) is 7.85. The van der Waals surface area contributed by atoms with Crippen molar-refractivity contribution in [1.82, 2.24) is 24.8 Å². The van der Waals surface area contributed by atoms with Crippen LogP contribution in [0.5, 0.6) is 0 Å². The van der Waals surface area contributed by atoms with Crippen LogP contribution < -0.4 is 5.32 Å². The van der Waals surface area contributed by atoms with Crippen LogP contribution in [0.4, 0.5) is 11.6 Å². The highest BCUT2D eigenvalue weighted by Gasteiger charge is 2.31. The van der Waals surface area contributed by atoms with Crippen LogP contribution in [0, 0.1) is 12.8 Å². The topological polar surface area (TPSA) is 74.2 Å². The molecule has 4 rings (SSSR count). The number of rotatable bonds is 5. The van der Waals surface area contributed by atoms with Gasteiger partial charge in [-0.2, -0.15) is 0 Å². The van der Waals surface area contributed by atoms with Gasteiger partial charge < -0.3 is 10.2 Å². The van der Waals surface area contributed by atoms with Gasteiger partial charge in [0, 0.05) is 18.8 Å². The Balaban J connectivity index is 1.42. The van der Waals surface area contributed by atoms with Crippen molar-refractivity contribution < 1.29 is 4.79 Å². The van der Waals surface area contributed by atoms with Gasteiger partial charge in [0.15, 0.2) is 0 Å². The molecule has 1 N–H and O–H groups in total. The minimum Gasteiger partial charge on any atom is -0.342 e. The molecule has 2 aromatic heterocycles. The summed E-state index contributed by atoms with van der Waals surface area (Å²) in [6, 6.07) is 5.99. The molecule has 0 aromatic carbocycles. The molecule has 0 radical (unpaired) electrons. The van der Waals surface area contributed by atoms with Gasteiger partial charge in [-0.3, -0.25) is 14.7 Å². The summed E-state index contributed by atoms with van der Waals surface area (Å²) in [5.74, 6) is 2.42. The summed E-state index contributed by atoms with van der Waals surface area (Å²) in [5.41, 5.74) is 1.87. The fraction of sp³-hybridized carbons (Fsp3) is 0.545. The molecule has 2 aliphatic heterocycles. The van der Waals surface area contributed by atoms with Gasteiger partial charge in [-0.1, -0.05) is 13.0 Å².